The molecule has 0 atom stereocenters. The first-order valence-corrected chi connectivity index (χ1v) is 8.89. The van der Waals surface area contributed by atoms with E-state index in [2.05, 4.69) is 72.4 Å². The zero-order valence-corrected chi connectivity index (χ0v) is 15.0. The molecule has 0 spiro atoms. The number of fused-ring (bicyclic) bond motifs is 2. The van der Waals surface area contributed by atoms with E-state index >= 15 is 0 Å². The van der Waals surface area contributed by atoms with Gasteiger partial charge in [0.05, 0.1) is 0 Å². The van der Waals surface area contributed by atoms with Crippen molar-refractivity contribution < 1.29 is 0 Å². The maximum atomic E-state index is 5.92. The fraction of sp³-hybridized carbons (Fsp3) is 0.273. The first kappa shape index (κ1) is 16.0. The van der Waals surface area contributed by atoms with E-state index in [-0.39, 0.29) is 0 Å². The lowest BCUT2D eigenvalue weighted by Gasteiger charge is -2.29. The van der Waals surface area contributed by atoms with Gasteiger partial charge in [0.15, 0.2) is 0 Å². The fourth-order valence-corrected chi connectivity index (χ4v) is 3.88. The summed E-state index contributed by atoms with van der Waals surface area (Å²) in [5.41, 5.74) is 12.3. The third-order valence-electron chi connectivity index (χ3n) is 5.19. The molecule has 0 aliphatic carbocycles. The van der Waals surface area contributed by atoms with Crippen LogP contribution < -0.4 is 10.6 Å². The van der Waals surface area contributed by atoms with Crippen molar-refractivity contribution in [3.63, 3.8) is 0 Å². The Morgan fingerprint density at radius 1 is 0.960 bits per heavy atom. The van der Waals surface area contributed by atoms with Gasteiger partial charge in [0, 0.05) is 50.5 Å². The van der Waals surface area contributed by atoms with Crippen LogP contribution >= 0.6 is 0 Å². The smallest absolute Gasteiger partial charge is 0.0440 e. The van der Waals surface area contributed by atoms with Crippen LogP contribution in [0.5, 0.6) is 0 Å². The van der Waals surface area contributed by atoms with Crippen LogP contribution in [0, 0.1) is 0 Å². The average Bonchev–Trinajstić information content (AvgIpc) is 2.62. The van der Waals surface area contributed by atoms with Gasteiger partial charge in [-0.05, 0) is 46.7 Å². The molecule has 0 saturated carbocycles. The monoisotopic (exact) mass is 331 g/mol. The molecule has 0 amide bonds. The predicted molar refractivity (Wildman–Crippen MR) is 107 cm³/mol. The summed E-state index contributed by atoms with van der Waals surface area (Å²) in [6.45, 7) is 3.07. The third kappa shape index (κ3) is 3.08. The first-order valence-electron chi connectivity index (χ1n) is 8.89. The van der Waals surface area contributed by atoms with Gasteiger partial charge in [0.2, 0.25) is 0 Å². The number of anilines is 2. The quantitative estimate of drug-likeness (QED) is 0.735. The van der Waals surface area contributed by atoms with Gasteiger partial charge in [-0.2, -0.15) is 0 Å². The topological polar surface area (TPSA) is 32.5 Å². The third-order valence-corrected chi connectivity index (χ3v) is 5.19. The summed E-state index contributed by atoms with van der Waals surface area (Å²) < 4.78 is 0. The Balaban J connectivity index is 1.64. The second kappa shape index (κ2) is 6.41. The van der Waals surface area contributed by atoms with E-state index in [1.807, 2.05) is 6.07 Å². The maximum Gasteiger partial charge on any atom is 0.0440 e. The van der Waals surface area contributed by atoms with Crippen molar-refractivity contribution in [1.82, 2.24) is 4.90 Å². The zero-order chi connectivity index (χ0) is 17.4. The van der Waals surface area contributed by atoms with Gasteiger partial charge >= 0.3 is 0 Å². The van der Waals surface area contributed by atoms with Gasteiger partial charge in [0.25, 0.3) is 0 Å². The molecule has 0 fully saturated rings. The largest absolute Gasteiger partial charge is 0.399 e. The summed E-state index contributed by atoms with van der Waals surface area (Å²) in [7, 11) is 4.21. The van der Waals surface area contributed by atoms with Crippen LogP contribution in [0.25, 0.3) is 10.8 Å². The van der Waals surface area contributed by atoms with Crippen LogP contribution in [0.1, 0.15) is 16.7 Å². The summed E-state index contributed by atoms with van der Waals surface area (Å²) >= 11 is 0. The van der Waals surface area contributed by atoms with Crippen LogP contribution in [-0.2, 0) is 19.5 Å². The first-order chi connectivity index (χ1) is 12.1. The molecule has 25 heavy (non-hydrogen) atoms. The van der Waals surface area contributed by atoms with Gasteiger partial charge in [-0.15, -0.1) is 0 Å². The van der Waals surface area contributed by atoms with Crippen molar-refractivity contribution in [2.24, 2.45) is 0 Å². The SMILES string of the molecule is CN(C)c1ccc(CN2CCc3cc(N)ccc3C2)c2ccccc12. The lowest BCUT2D eigenvalue weighted by molar-refractivity contribution is 0.246. The number of nitrogens with two attached hydrogens (primary N) is 1. The summed E-state index contributed by atoms with van der Waals surface area (Å²) in [6.07, 6.45) is 1.08. The van der Waals surface area contributed by atoms with Crippen LogP contribution in [0.3, 0.4) is 0 Å². The fourth-order valence-electron chi connectivity index (χ4n) is 3.88. The number of benzene rings is 3. The van der Waals surface area contributed by atoms with E-state index < -0.39 is 0 Å². The van der Waals surface area contributed by atoms with Gasteiger partial charge in [-0.1, -0.05) is 36.4 Å². The molecule has 1 aliphatic rings. The summed E-state index contributed by atoms with van der Waals surface area (Å²) in [5.74, 6) is 0. The highest BCUT2D eigenvalue weighted by atomic mass is 15.1. The minimum atomic E-state index is 0.873. The molecule has 1 aliphatic heterocycles. The van der Waals surface area contributed by atoms with Crippen molar-refractivity contribution >= 4 is 22.1 Å². The molecule has 3 nitrogen and oxygen atoms in total. The number of nitrogen functional groups attached to an aromatic ring is 1. The normalized spacial score (nSPS) is 14.5. The van der Waals surface area contributed by atoms with Crippen molar-refractivity contribution in [3.8, 4) is 0 Å². The second-order valence-electron chi connectivity index (χ2n) is 7.17. The molecule has 3 aromatic carbocycles. The second-order valence-corrected chi connectivity index (χ2v) is 7.17. The van der Waals surface area contributed by atoms with Crippen molar-refractivity contribution in [2.45, 2.75) is 19.5 Å². The van der Waals surface area contributed by atoms with E-state index in [9.17, 15) is 0 Å². The Labute approximate surface area is 149 Å². The molecular formula is C22H25N3. The van der Waals surface area contributed by atoms with Gasteiger partial charge in [-0.3, -0.25) is 4.90 Å². The summed E-state index contributed by atoms with van der Waals surface area (Å²) in [4.78, 5) is 4.73. The Morgan fingerprint density at radius 3 is 2.56 bits per heavy atom. The van der Waals surface area contributed by atoms with Gasteiger partial charge in [0.1, 0.15) is 0 Å². The van der Waals surface area contributed by atoms with Crippen LogP contribution in [-0.4, -0.2) is 25.5 Å². The molecule has 4 rings (SSSR count). The number of hydrogen-bond acceptors (Lipinski definition) is 3. The van der Waals surface area contributed by atoms with Crippen LogP contribution in [0.15, 0.2) is 54.6 Å². The molecule has 0 saturated heterocycles. The van der Waals surface area contributed by atoms with E-state index in [0.29, 0.717) is 0 Å². The summed E-state index contributed by atoms with van der Waals surface area (Å²) in [6, 6.07) is 19.6. The molecular weight excluding hydrogens is 306 g/mol. The zero-order valence-electron chi connectivity index (χ0n) is 15.0. The predicted octanol–water partition coefficient (Wildman–Crippen LogP) is 4.05. The van der Waals surface area contributed by atoms with E-state index in [1.165, 1.54) is 33.2 Å². The molecule has 0 aromatic heterocycles. The molecule has 128 valence electrons. The Hall–Kier alpha value is -2.52. The lowest BCUT2D eigenvalue weighted by Crippen LogP contribution is -2.30. The minimum Gasteiger partial charge on any atom is -0.399 e. The Kier molecular flexibility index (Phi) is 4.10. The van der Waals surface area contributed by atoms with Crippen molar-refractivity contribution in [3.05, 3.63) is 71.3 Å². The van der Waals surface area contributed by atoms with Gasteiger partial charge < -0.3 is 10.6 Å². The lowest BCUT2D eigenvalue weighted by atomic mass is 9.97. The average molecular weight is 331 g/mol. The number of hydrogen-bond donors (Lipinski definition) is 1. The maximum absolute atomic E-state index is 5.92. The van der Waals surface area contributed by atoms with Crippen LogP contribution in [0.2, 0.25) is 0 Å². The number of rotatable bonds is 3. The molecule has 3 aromatic rings. The highest BCUT2D eigenvalue weighted by molar-refractivity contribution is 5.96. The Morgan fingerprint density at radius 2 is 1.76 bits per heavy atom. The van der Waals surface area contributed by atoms with E-state index in [4.69, 9.17) is 5.73 Å². The molecule has 2 N–H and O–H groups in total. The molecule has 0 radical (unpaired) electrons. The van der Waals surface area contributed by atoms with Crippen LogP contribution in [0.4, 0.5) is 11.4 Å². The highest BCUT2D eigenvalue weighted by Crippen LogP contribution is 2.30. The molecule has 0 unspecified atom stereocenters. The molecule has 3 heteroatoms. The number of nitrogens with zero attached hydrogens (tertiary/aromatic N) is 2. The van der Waals surface area contributed by atoms with Crippen molar-refractivity contribution in [1.29, 1.82) is 0 Å². The highest BCUT2D eigenvalue weighted by Gasteiger charge is 2.17. The van der Waals surface area contributed by atoms with E-state index in [0.717, 1.165) is 31.7 Å². The minimum absolute atomic E-state index is 0.873. The molecule has 0 bridgehead atoms. The molecule has 1 heterocycles. The van der Waals surface area contributed by atoms with E-state index in [1.54, 1.807) is 0 Å². The summed E-state index contributed by atoms with van der Waals surface area (Å²) in [5, 5.41) is 2.69. The van der Waals surface area contributed by atoms with Crippen molar-refractivity contribution in [2.75, 3.05) is 31.3 Å². The Bertz CT molecular complexity index is 914. The van der Waals surface area contributed by atoms with Gasteiger partial charge in [-0.25, -0.2) is 0 Å². The standard InChI is InChI=1S/C22H25N3/c1-24(2)22-10-8-18(20-5-3-4-6-21(20)22)15-25-12-11-16-13-19(23)9-7-17(16)14-25/h3-10,13H,11-12,14-15,23H2,1-2H3.